The minimum absolute atomic E-state index is 0.0470. The highest BCUT2D eigenvalue weighted by molar-refractivity contribution is 7.47. The normalized spacial score (nSPS) is 17.2. The highest BCUT2D eigenvalue weighted by Crippen LogP contribution is 2.43. The lowest BCUT2D eigenvalue weighted by Gasteiger charge is -2.24. The summed E-state index contributed by atoms with van der Waals surface area (Å²) in [6, 6.07) is 0. The van der Waals surface area contributed by atoms with Gasteiger partial charge in [0.25, 0.3) is 0 Å². The molecule has 1 unspecified atom stereocenters. The first-order valence-corrected chi connectivity index (χ1v) is 7.72. The van der Waals surface area contributed by atoms with Crippen LogP contribution in [0.25, 0.3) is 0 Å². The lowest BCUT2D eigenvalue weighted by Crippen LogP contribution is -2.37. The molecule has 0 aliphatic rings. The second kappa shape index (κ2) is 9.02. The fourth-order valence-corrected chi connectivity index (χ4v) is 1.82. The summed E-state index contributed by atoms with van der Waals surface area (Å²) in [6.07, 6.45) is -0.387. The van der Waals surface area contributed by atoms with Gasteiger partial charge in [0.2, 0.25) is 0 Å². The van der Waals surface area contributed by atoms with E-state index in [1.807, 2.05) is 28.1 Å². The molecule has 0 bridgehead atoms. The zero-order chi connectivity index (χ0) is 14.9. The number of rotatable bonds is 11. The van der Waals surface area contributed by atoms with Gasteiger partial charge in [0.05, 0.1) is 34.4 Å². The first-order chi connectivity index (χ1) is 8.70. The molecule has 0 amide bonds. The Bertz CT molecular complexity index is 281. The predicted octanol–water partition coefficient (Wildman–Crippen LogP) is 0.878. The Kier molecular flexibility index (Phi) is 9.02. The zero-order valence-corrected chi connectivity index (χ0v) is 13.4. The van der Waals surface area contributed by atoms with Crippen LogP contribution in [0.2, 0.25) is 0 Å². The summed E-state index contributed by atoms with van der Waals surface area (Å²) in [4.78, 5) is 9.49. The molecule has 0 aliphatic heterocycles. The van der Waals surface area contributed by atoms with Crippen LogP contribution in [0.5, 0.6) is 0 Å². The number of phosphoric acid groups is 1. The van der Waals surface area contributed by atoms with Crippen LogP contribution in [0.15, 0.2) is 0 Å². The molecule has 0 aromatic carbocycles. The number of ether oxygens (including phenoxy) is 2. The number of likely N-dealkylation sites (N-methyl/N-ethyl adjacent to an activating group) is 1. The number of phosphoric ester groups is 1. The summed E-state index contributed by atoms with van der Waals surface area (Å²) in [5, 5.41) is 0. The van der Waals surface area contributed by atoms with Gasteiger partial charge in [-0.15, -0.1) is 0 Å². The van der Waals surface area contributed by atoms with Gasteiger partial charge in [-0.3, -0.25) is 9.05 Å². The standard InChI is InChI=1S/C11H26NO6P/c1-6-16-9-11(15-5)10-18-19(13,14)17-8-7-12(2,3)4/h11H,6-10H2,1-5H3/p+1/t11-/m1/s1. The Morgan fingerprint density at radius 3 is 2.32 bits per heavy atom. The van der Waals surface area contributed by atoms with Crippen LogP contribution >= 0.6 is 7.82 Å². The summed E-state index contributed by atoms with van der Waals surface area (Å²) in [5.41, 5.74) is 0. The van der Waals surface area contributed by atoms with Crippen molar-refractivity contribution in [3.63, 3.8) is 0 Å². The van der Waals surface area contributed by atoms with E-state index in [2.05, 4.69) is 0 Å². The van der Waals surface area contributed by atoms with E-state index in [1.54, 1.807) is 0 Å². The van der Waals surface area contributed by atoms with Crippen LogP contribution in [-0.2, 0) is 23.1 Å². The van der Waals surface area contributed by atoms with Gasteiger partial charge in [0.15, 0.2) is 0 Å². The van der Waals surface area contributed by atoms with E-state index in [9.17, 15) is 9.46 Å². The minimum atomic E-state index is -4.02. The number of nitrogens with zero attached hydrogens (tertiary/aromatic N) is 1. The van der Waals surface area contributed by atoms with Crippen molar-refractivity contribution in [2.75, 3.05) is 61.2 Å². The molecule has 116 valence electrons. The van der Waals surface area contributed by atoms with E-state index < -0.39 is 7.82 Å². The van der Waals surface area contributed by atoms with E-state index >= 15 is 0 Å². The summed E-state index contributed by atoms with van der Waals surface area (Å²) >= 11 is 0. The van der Waals surface area contributed by atoms with Crippen LogP contribution in [0, 0.1) is 0 Å². The molecule has 0 rings (SSSR count). The van der Waals surface area contributed by atoms with Crippen molar-refractivity contribution in [3.8, 4) is 0 Å². The average Bonchev–Trinajstić information content (AvgIpc) is 2.27. The lowest BCUT2D eigenvalue weighted by molar-refractivity contribution is -0.870. The summed E-state index contributed by atoms with van der Waals surface area (Å²) in [7, 11) is 3.37. The second-order valence-corrected chi connectivity index (χ2v) is 6.58. The maximum Gasteiger partial charge on any atom is 0.472 e. The van der Waals surface area contributed by atoms with Crippen molar-refractivity contribution >= 4 is 7.82 Å². The number of quaternary nitrogens is 1. The first kappa shape index (κ1) is 19.0. The molecule has 1 N–H and O–H groups in total. The third kappa shape index (κ3) is 11.5. The summed E-state index contributed by atoms with van der Waals surface area (Å²) in [5.74, 6) is 0. The Labute approximate surface area is 115 Å². The Balaban J connectivity index is 3.97. The van der Waals surface area contributed by atoms with E-state index in [-0.39, 0.29) is 19.3 Å². The lowest BCUT2D eigenvalue weighted by atomic mass is 10.4. The average molecular weight is 300 g/mol. The number of hydrogen-bond acceptors (Lipinski definition) is 5. The zero-order valence-electron chi connectivity index (χ0n) is 12.5. The van der Waals surface area contributed by atoms with Crippen molar-refractivity contribution < 1.29 is 32.5 Å². The molecule has 0 radical (unpaired) electrons. The molecule has 0 spiro atoms. The fourth-order valence-electron chi connectivity index (χ4n) is 1.08. The van der Waals surface area contributed by atoms with Gasteiger partial charge < -0.3 is 18.9 Å². The van der Waals surface area contributed by atoms with Crippen LogP contribution < -0.4 is 0 Å². The van der Waals surface area contributed by atoms with Gasteiger partial charge >= 0.3 is 7.82 Å². The molecular weight excluding hydrogens is 273 g/mol. The second-order valence-electron chi connectivity index (χ2n) is 5.13. The minimum Gasteiger partial charge on any atom is -0.379 e. The highest BCUT2D eigenvalue weighted by Gasteiger charge is 2.24. The molecule has 0 heterocycles. The van der Waals surface area contributed by atoms with Gasteiger partial charge in [-0.1, -0.05) is 0 Å². The molecule has 2 atom stereocenters. The number of hydrogen-bond donors (Lipinski definition) is 1. The molecule has 0 saturated carbocycles. The van der Waals surface area contributed by atoms with Crippen LogP contribution in [0.1, 0.15) is 6.92 Å². The molecule has 0 aromatic rings. The highest BCUT2D eigenvalue weighted by atomic mass is 31.2. The predicted molar refractivity (Wildman–Crippen MR) is 71.9 cm³/mol. The van der Waals surface area contributed by atoms with Gasteiger partial charge in [0, 0.05) is 13.7 Å². The van der Waals surface area contributed by atoms with E-state index in [0.29, 0.717) is 24.2 Å². The van der Waals surface area contributed by atoms with E-state index in [1.165, 1.54) is 7.11 Å². The quantitative estimate of drug-likeness (QED) is 0.451. The molecule has 0 aliphatic carbocycles. The molecule has 0 aromatic heterocycles. The maximum atomic E-state index is 11.6. The van der Waals surface area contributed by atoms with Crippen molar-refractivity contribution in [2.45, 2.75) is 13.0 Å². The molecule has 19 heavy (non-hydrogen) atoms. The van der Waals surface area contributed by atoms with Gasteiger partial charge in [-0.25, -0.2) is 4.57 Å². The Morgan fingerprint density at radius 2 is 1.84 bits per heavy atom. The Hall–Kier alpha value is -0.0100. The van der Waals surface area contributed by atoms with Gasteiger partial charge in [0.1, 0.15) is 19.3 Å². The molecule has 8 heteroatoms. The van der Waals surface area contributed by atoms with E-state index in [4.69, 9.17) is 18.5 Å². The van der Waals surface area contributed by atoms with Crippen molar-refractivity contribution in [1.29, 1.82) is 0 Å². The molecule has 0 saturated heterocycles. The SMILES string of the molecule is CCOC[C@H](COP(=O)(O)OCC[N+](C)(C)C)OC. The molecule has 0 fully saturated rings. The Morgan fingerprint density at radius 1 is 1.21 bits per heavy atom. The van der Waals surface area contributed by atoms with Crippen LogP contribution in [0.3, 0.4) is 0 Å². The fraction of sp³-hybridized carbons (Fsp3) is 1.00. The maximum absolute atomic E-state index is 11.6. The summed E-state index contributed by atoms with van der Waals surface area (Å²) in [6.45, 7) is 3.44. The van der Waals surface area contributed by atoms with E-state index in [0.717, 1.165) is 0 Å². The topological polar surface area (TPSA) is 74.2 Å². The van der Waals surface area contributed by atoms with Crippen molar-refractivity contribution in [2.24, 2.45) is 0 Å². The largest absolute Gasteiger partial charge is 0.472 e. The monoisotopic (exact) mass is 300 g/mol. The first-order valence-electron chi connectivity index (χ1n) is 6.23. The summed E-state index contributed by atoms with van der Waals surface area (Å²) < 4.78 is 32.2. The van der Waals surface area contributed by atoms with Crippen LogP contribution in [0.4, 0.5) is 0 Å². The third-order valence-corrected chi connectivity index (χ3v) is 3.27. The smallest absolute Gasteiger partial charge is 0.379 e. The van der Waals surface area contributed by atoms with Crippen molar-refractivity contribution in [1.82, 2.24) is 0 Å². The van der Waals surface area contributed by atoms with Gasteiger partial charge in [-0.2, -0.15) is 0 Å². The molecule has 7 nitrogen and oxygen atoms in total. The van der Waals surface area contributed by atoms with Crippen molar-refractivity contribution in [3.05, 3.63) is 0 Å². The number of methoxy groups -OCH3 is 1. The third-order valence-electron chi connectivity index (χ3n) is 2.28. The van der Waals surface area contributed by atoms with Crippen LogP contribution in [-0.4, -0.2) is 76.7 Å². The van der Waals surface area contributed by atoms with Gasteiger partial charge in [-0.05, 0) is 6.92 Å². The molecular formula is C11H27NO6P+.